The van der Waals surface area contributed by atoms with Gasteiger partial charge in [0.25, 0.3) is 5.91 Å². The number of furan rings is 1. The number of hydroxylamine groups is 1. The molecule has 2 rings (SSSR count). The zero-order chi connectivity index (χ0) is 15.8. The van der Waals surface area contributed by atoms with Gasteiger partial charge in [-0.15, -0.1) is 0 Å². The van der Waals surface area contributed by atoms with Gasteiger partial charge in [-0.1, -0.05) is 0 Å². The van der Waals surface area contributed by atoms with Gasteiger partial charge in [0.1, 0.15) is 17.3 Å². The van der Waals surface area contributed by atoms with Gasteiger partial charge in [0.2, 0.25) is 0 Å². The third kappa shape index (κ3) is 4.86. The molecule has 22 heavy (non-hydrogen) atoms. The van der Waals surface area contributed by atoms with Crippen LogP contribution in [0.1, 0.15) is 5.76 Å². The Bertz CT molecular complexity index is 605. The summed E-state index contributed by atoms with van der Waals surface area (Å²) in [7, 11) is 1.55. The number of carbonyl (C=O) groups is 2. The van der Waals surface area contributed by atoms with E-state index in [1.165, 1.54) is 6.26 Å². The molecule has 1 heterocycles. The first-order chi connectivity index (χ1) is 10.7. The number of benzene rings is 1. The number of carbonyl (C=O) groups excluding carboxylic acids is 2. The molecule has 1 amide bonds. The van der Waals surface area contributed by atoms with Crippen LogP contribution in [0.2, 0.25) is 0 Å². The lowest BCUT2D eigenvalue weighted by Crippen LogP contribution is -2.30. The Morgan fingerprint density at radius 3 is 2.50 bits per heavy atom. The second kappa shape index (κ2) is 7.72. The van der Waals surface area contributed by atoms with Crippen LogP contribution in [0.4, 0.5) is 0 Å². The lowest BCUT2D eigenvalue weighted by atomic mass is 10.3. The molecule has 0 saturated heterocycles. The Balaban J connectivity index is 1.67. The standard InChI is InChI=1S/C15H15NO6/c1-19-11-4-6-12(7-5-11)21-10-15(18)22-16-14(17)9-13-3-2-8-20-13/h2-8H,9-10H2,1H3,(H,16,17). The Morgan fingerprint density at radius 2 is 1.86 bits per heavy atom. The summed E-state index contributed by atoms with van der Waals surface area (Å²) >= 11 is 0. The van der Waals surface area contributed by atoms with Gasteiger partial charge < -0.3 is 18.7 Å². The van der Waals surface area contributed by atoms with Crippen LogP contribution >= 0.6 is 0 Å². The van der Waals surface area contributed by atoms with E-state index in [0.717, 1.165) is 0 Å². The molecular weight excluding hydrogens is 290 g/mol. The van der Waals surface area contributed by atoms with E-state index in [0.29, 0.717) is 17.3 Å². The highest BCUT2D eigenvalue weighted by Crippen LogP contribution is 2.16. The second-order valence-corrected chi connectivity index (χ2v) is 4.22. The average Bonchev–Trinajstić information content (AvgIpc) is 3.04. The maximum absolute atomic E-state index is 11.5. The van der Waals surface area contributed by atoms with Gasteiger partial charge in [-0.3, -0.25) is 4.79 Å². The van der Waals surface area contributed by atoms with E-state index in [4.69, 9.17) is 13.9 Å². The van der Waals surface area contributed by atoms with E-state index in [2.05, 4.69) is 4.84 Å². The summed E-state index contributed by atoms with van der Waals surface area (Å²) in [5.41, 5.74) is 2.03. The fourth-order valence-electron chi connectivity index (χ4n) is 1.57. The molecule has 2 aromatic rings. The molecule has 0 aliphatic rings. The van der Waals surface area contributed by atoms with Gasteiger partial charge >= 0.3 is 5.97 Å². The van der Waals surface area contributed by atoms with Crippen LogP contribution in [0.15, 0.2) is 47.1 Å². The molecule has 0 saturated carbocycles. The first kappa shape index (κ1) is 15.4. The number of hydrogen-bond acceptors (Lipinski definition) is 6. The third-order valence-electron chi connectivity index (χ3n) is 2.61. The van der Waals surface area contributed by atoms with Crippen LogP contribution in [0, 0.1) is 0 Å². The fourth-order valence-corrected chi connectivity index (χ4v) is 1.57. The summed E-state index contributed by atoms with van der Waals surface area (Å²) in [5.74, 6) is 0.430. The van der Waals surface area contributed by atoms with Crippen LogP contribution in [0.3, 0.4) is 0 Å². The van der Waals surface area contributed by atoms with E-state index in [9.17, 15) is 9.59 Å². The normalized spacial score (nSPS) is 9.86. The molecule has 0 unspecified atom stereocenters. The number of methoxy groups -OCH3 is 1. The van der Waals surface area contributed by atoms with Crippen molar-refractivity contribution < 1.29 is 28.3 Å². The zero-order valence-electron chi connectivity index (χ0n) is 11.9. The molecule has 1 N–H and O–H groups in total. The smallest absolute Gasteiger partial charge is 0.369 e. The molecule has 7 nitrogen and oxygen atoms in total. The Kier molecular flexibility index (Phi) is 5.42. The van der Waals surface area contributed by atoms with Crippen molar-refractivity contribution in [3.8, 4) is 11.5 Å². The van der Waals surface area contributed by atoms with E-state index in [1.807, 2.05) is 5.48 Å². The van der Waals surface area contributed by atoms with Crippen molar-refractivity contribution in [3.05, 3.63) is 48.4 Å². The number of ether oxygens (including phenoxy) is 2. The lowest BCUT2D eigenvalue weighted by Gasteiger charge is -2.07. The minimum Gasteiger partial charge on any atom is -0.497 e. The molecule has 0 atom stereocenters. The fraction of sp³-hybridized carbons (Fsp3) is 0.200. The molecule has 116 valence electrons. The summed E-state index contributed by atoms with van der Waals surface area (Å²) in [5, 5.41) is 0. The van der Waals surface area contributed by atoms with Crippen molar-refractivity contribution in [1.82, 2.24) is 5.48 Å². The van der Waals surface area contributed by atoms with E-state index in [1.54, 1.807) is 43.5 Å². The van der Waals surface area contributed by atoms with Gasteiger partial charge in [-0.05, 0) is 36.4 Å². The van der Waals surface area contributed by atoms with Crippen molar-refractivity contribution >= 4 is 11.9 Å². The summed E-state index contributed by atoms with van der Waals surface area (Å²) < 4.78 is 15.2. The molecule has 0 fully saturated rings. The van der Waals surface area contributed by atoms with Crippen molar-refractivity contribution in [2.45, 2.75) is 6.42 Å². The molecule has 7 heteroatoms. The van der Waals surface area contributed by atoms with Crippen molar-refractivity contribution in [3.63, 3.8) is 0 Å². The van der Waals surface area contributed by atoms with Crippen LogP contribution in [0.5, 0.6) is 11.5 Å². The Hall–Kier alpha value is -2.96. The average molecular weight is 305 g/mol. The zero-order valence-corrected chi connectivity index (χ0v) is 11.9. The predicted octanol–water partition coefficient (Wildman–Crippen LogP) is 1.48. The number of rotatable bonds is 6. The molecule has 1 aromatic carbocycles. The molecule has 1 aromatic heterocycles. The first-order valence-electron chi connectivity index (χ1n) is 6.45. The molecule has 0 aliphatic carbocycles. The van der Waals surface area contributed by atoms with E-state index in [-0.39, 0.29) is 13.0 Å². The molecule has 0 radical (unpaired) electrons. The maximum atomic E-state index is 11.5. The van der Waals surface area contributed by atoms with Gasteiger partial charge in [0.15, 0.2) is 6.61 Å². The van der Waals surface area contributed by atoms with Crippen LogP contribution in [-0.4, -0.2) is 25.6 Å². The topological polar surface area (TPSA) is 87.0 Å². The minimum absolute atomic E-state index is 0.0143. The highest BCUT2D eigenvalue weighted by Gasteiger charge is 2.10. The number of amides is 1. The Labute approximate surface area is 126 Å². The van der Waals surface area contributed by atoms with Gasteiger partial charge in [-0.2, -0.15) is 5.48 Å². The van der Waals surface area contributed by atoms with Crippen LogP contribution < -0.4 is 15.0 Å². The van der Waals surface area contributed by atoms with Crippen molar-refractivity contribution in [2.75, 3.05) is 13.7 Å². The summed E-state index contributed by atoms with van der Waals surface area (Å²) in [6, 6.07) is 10.0. The van der Waals surface area contributed by atoms with Gasteiger partial charge in [0.05, 0.1) is 19.8 Å². The second-order valence-electron chi connectivity index (χ2n) is 4.22. The van der Waals surface area contributed by atoms with E-state index >= 15 is 0 Å². The van der Waals surface area contributed by atoms with Gasteiger partial charge in [0, 0.05) is 0 Å². The minimum atomic E-state index is -0.719. The van der Waals surface area contributed by atoms with Crippen molar-refractivity contribution in [1.29, 1.82) is 0 Å². The first-order valence-corrected chi connectivity index (χ1v) is 6.45. The van der Waals surface area contributed by atoms with Crippen molar-refractivity contribution in [2.24, 2.45) is 0 Å². The Morgan fingerprint density at radius 1 is 1.14 bits per heavy atom. The largest absolute Gasteiger partial charge is 0.497 e. The molecular formula is C15H15NO6. The maximum Gasteiger partial charge on any atom is 0.369 e. The monoisotopic (exact) mass is 305 g/mol. The van der Waals surface area contributed by atoms with Crippen LogP contribution in [0.25, 0.3) is 0 Å². The summed E-state index contributed by atoms with van der Waals surface area (Å²) in [6.45, 7) is -0.326. The third-order valence-corrected chi connectivity index (χ3v) is 2.61. The number of hydrogen-bond donors (Lipinski definition) is 1. The summed E-state index contributed by atoms with van der Waals surface area (Å²) in [4.78, 5) is 27.5. The van der Waals surface area contributed by atoms with Crippen LogP contribution in [-0.2, 0) is 20.8 Å². The number of nitrogens with one attached hydrogen (secondary N) is 1. The SMILES string of the molecule is COc1ccc(OCC(=O)ONC(=O)Cc2ccco2)cc1. The highest BCUT2D eigenvalue weighted by atomic mass is 16.7. The quantitative estimate of drug-likeness (QED) is 0.814. The van der Waals surface area contributed by atoms with E-state index < -0.39 is 11.9 Å². The summed E-state index contributed by atoms with van der Waals surface area (Å²) in [6.07, 6.45) is 1.44. The predicted molar refractivity (Wildman–Crippen MR) is 75.1 cm³/mol. The lowest BCUT2D eigenvalue weighted by molar-refractivity contribution is -0.160. The van der Waals surface area contributed by atoms with Gasteiger partial charge in [-0.25, -0.2) is 4.79 Å². The molecule has 0 bridgehead atoms. The molecule has 0 spiro atoms. The highest BCUT2D eigenvalue weighted by molar-refractivity contribution is 5.79. The molecule has 0 aliphatic heterocycles.